The van der Waals surface area contributed by atoms with Crippen LogP contribution in [0.5, 0.6) is 0 Å². The van der Waals surface area contributed by atoms with Gasteiger partial charge in [0.05, 0.1) is 5.60 Å². The number of carbonyl (C=O) groups excluding carboxylic acids is 1. The lowest BCUT2D eigenvalue weighted by atomic mass is 10.0. The molecule has 2 fully saturated rings. The zero-order chi connectivity index (χ0) is 15.0. The van der Waals surface area contributed by atoms with E-state index in [1.54, 1.807) is 11.8 Å². The summed E-state index contributed by atoms with van der Waals surface area (Å²) in [7, 11) is 0. The Balaban J connectivity index is 1.57. The molecule has 6 heteroatoms. The molecule has 0 spiro atoms. The van der Waals surface area contributed by atoms with Gasteiger partial charge in [0.15, 0.2) is 0 Å². The van der Waals surface area contributed by atoms with Gasteiger partial charge < -0.3 is 10.4 Å². The standard InChI is InChI=1S/C15H17F2NO2S/c16-9-1-2-13(17)11(5-9)10-6-12(10)14(19)18-7-15(20)3-4-21-8-15/h1-2,5,10,12,20H,3-4,6-8H2,(H,18,19). The summed E-state index contributed by atoms with van der Waals surface area (Å²) in [6.45, 7) is 0.230. The molecule has 1 aromatic carbocycles. The second kappa shape index (κ2) is 5.57. The smallest absolute Gasteiger partial charge is 0.223 e. The first-order chi connectivity index (χ1) is 9.98. The molecule has 1 amide bonds. The van der Waals surface area contributed by atoms with Crippen molar-refractivity contribution in [1.82, 2.24) is 5.32 Å². The van der Waals surface area contributed by atoms with Crippen molar-refractivity contribution in [2.24, 2.45) is 5.92 Å². The Hall–Kier alpha value is -1.14. The minimum absolute atomic E-state index is 0.186. The molecular formula is C15H17F2NO2S. The predicted molar refractivity (Wildman–Crippen MR) is 77.1 cm³/mol. The van der Waals surface area contributed by atoms with Gasteiger partial charge in [-0.25, -0.2) is 8.78 Å². The van der Waals surface area contributed by atoms with Gasteiger partial charge in [0, 0.05) is 18.2 Å². The SMILES string of the molecule is O=C(NCC1(O)CCSC1)C1CC1c1cc(F)ccc1F. The molecule has 1 saturated heterocycles. The monoisotopic (exact) mass is 313 g/mol. The van der Waals surface area contributed by atoms with Crippen LogP contribution in [0.2, 0.25) is 0 Å². The van der Waals surface area contributed by atoms with Gasteiger partial charge in [-0.1, -0.05) is 0 Å². The number of benzene rings is 1. The lowest BCUT2D eigenvalue weighted by molar-refractivity contribution is -0.123. The van der Waals surface area contributed by atoms with Crippen LogP contribution in [0.25, 0.3) is 0 Å². The van der Waals surface area contributed by atoms with Gasteiger partial charge >= 0.3 is 0 Å². The highest BCUT2D eigenvalue weighted by atomic mass is 32.2. The summed E-state index contributed by atoms with van der Waals surface area (Å²) in [5.74, 6) is -0.203. The fourth-order valence-electron chi connectivity index (χ4n) is 2.75. The lowest BCUT2D eigenvalue weighted by Crippen LogP contribution is -2.43. The van der Waals surface area contributed by atoms with Gasteiger partial charge in [-0.05, 0) is 48.3 Å². The Morgan fingerprint density at radius 2 is 2.29 bits per heavy atom. The highest BCUT2D eigenvalue weighted by Gasteiger charge is 2.46. The average Bonchev–Trinajstić information content (AvgIpc) is 3.14. The summed E-state index contributed by atoms with van der Waals surface area (Å²) in [6, 6.07) is 3.33. The molecule has 1 aromatic rings. The van der Waals surface area contributed by atoms with E-state index in [1.807, 2.05) is 0 Å². The van der Waals surface area contributed by atoms with Gasteiger partial charge in [-0.3, -0.25) is 4.79 Å². The topological polar surface area (TPSA) is 49.3 Å². The van der Waals surface area contributed by atoms with Crippen LogP contribution in [-0.4, -0.2) is 34.7 Å². The van der Waals surface area contributed by atoms with Gasteiger partial charge in [0.2, 0.25) is 5.91 Å². The van der Waals surface area contributed by atoms with Crippen LogP contribution in [-0.2, 0) is 4.79 Å². The summed E-state index contributed by atoms with van der Waals surface area (Å²) in [4.78, 5) is 12.0. The van der Waals surface area contributed by atoms with Crippen LogP contribution in [0, 0.1) is 17.6 Å². The van der Waals surface area contributed by atoms with Gasteiger partial charge in [0.25, 0.3) is 0 Å². The molecule has 3 unspecified atom stereocenters. The van der Waals surface area contributed by atoms with Crippen LogP contribution in [0.15, 0.2) is 18.2 Å². The number of carbonyl (C=O) groups is 1. The second-order valence-electron chi connectivity index (χ2n) is 5.86. The van der Waals surface area contributed by atoms with Crippen LogP contribution in [0.4, 0.5) is 8.78 Å². The number of rotatable bonds is 4. The summed E-state index contributed by atoms with van der Waals surface area (Å²) in [5.41, 5.74) is -0.556. The number of nitrogens with one attached hydrogen (secondary N) is 1. The predicted octanol–water partition coefficient (Wildman–Crippen LogP) is 2.05. The molecule has 0 aromatic heterocycles. The van der Waals surface area contributed by atoms with Crippen LogP contribution in [0.3, 0.4) is 0 Å². The minimum atomic E-state index is -0.825. The molecule has 0 radical (unpaired) electrons. The van der Waals surface area contributed by atoms with Crippen molar-refractivity contribution in [3.05, 3.63) is 35.4 Å². The van der Waals surface area contributed by atoms with Crippen LogP contribution >= 0.6 is 11.8 Å². The second-order valence-corrected chi connectivity index (χ2v) is 6.96. The quantitative estimate of drug-likeness (QED) is 0.894. The third-order valence-electron chi connectivity index (χ3n) is 4.16. The molecule has 1 heterocycles. The van der Waals surface area contributed by atoms with Crippen molar-refractivity contribution in [2.45, 2.75) is 24.4 Å². The summed E-state index contributed by atoms with van der Waals surface area (Å²) in [6.07, 6.45) is 1.20. The maximum Gasteiger partial charge on any atom is 0.223 e. The van der Waals surface area contributed by atoms with E-state index in [1.165, 1.54) is 0 Å². The van der Waals surface area contributed by atoms with Gasteiger partial charge in [0.1, 0.15) is 11.6 Å². The number of aliphatic hydroxyl groups is 1. The Bertz CT molecular complexity index is 561. The van der Waals surface area contributed by atoms with Crippen molar-refractivity contribution in [3.8, 4) is 0 Å². The molecule has 3 nitrogen and oxygen atoms in total. The molecule has 1 aliphatic carbocycles. The van der Waals surface area contributed by atoms with Crippen LogP contribution < -0.4 is 5.32 Å². The number of amides is 1. The zero-order valence-electron chi connectivity index (χ0n) is 11.4. The molecule has 2 N–H and O–H groups in total. The molecule has 0 bridgehead atoms. The van der Waals surface area contributed by atoms with E-state index in [9.17, 15) is 18.7 Å². The number of halogens is 2. The van der Waals surface area contributed by atoms with E-state index in [0.717, 1.165) is 24.0 Å². The molecule has 2 aliphatic rings. The first-order valence-electron chi connectivity index (χ1n) is 7.01. The molecule has 21 heavy (non-hydrogen) atoms. The van der Waals surface area contributed by atoms with Crippen molar-refractivity contribution < 1.29 is 18.7 Å². The van der Waals surface area contributed by atoms with Gasteiger partial charge in [-0.2, -0.15) is 11.8 Å². The van der Waals surface area contributed by atoms with Gasteiger partial charge in [-0.15, -0.1) is 0 Å². The van der Waals surface area contributed by atoms with Crippen LogP contribution in [0.1, 0.15) is 24.3 Å². The van der Waals surface area contributed by atoms with E-state index in [-0.39, 0.29) is 29.9 Å². The molecule has 1 saturated carbocycles. The maximum atomic E-state index is 13.6. The fourth-order valence-corrected chi connectivity index (χ4v) is 4.04. The van der Waals surface area contributed by atoms with E-state index in [2.05, 4.69) is 5.32 Å². The number of thioether (sulfide) groups is 1. The highest BCUT2D eigenvalue weighted by Crippen LogP contribution is 2.48. The third-order valence-corrected chi connectivity index (χ3v) is 5.39. The Morgan fingerprint density at radius 1 is 1.48 bits per heavy atom. The van der Waals surface area contributed by atoms with Crippen molar-refractivity contribution in [2.75, 3.05) is 18.1 Å². The van der Waals surface area contributed by atoms with E-state index in [0.29, 0.717) is 18.6 Å². The maximum absolute atomic E-state index is 13.6. The first-order valence-corrected chi connectivity index (χ1v) is 8.17. The largest absolute Gasteiger partial charge is 0.387 e. The van der Waals surface area contributed by atoms with E-state index in [4.69, 9.17) is 0 Å². The summed E-state index contributed by atoms with van der Waals surface area (Å²) in [5, 5.41) is 12.9. The van der Waals surface area contributed by atoms with Crippen molar-refractivity contribution in [1.29, 1.82) is 0 Å². The minimum Gasteiger partial charge on any atom is -0.387 e. The lowest BCUT2D eigenvalue weighted by Gasteiger charge is -2.21. The summed E-state index contributed by atoms with van der Waals surface area (Å²) < 4.78 is 26.8. The zero-order valence-corrected chi connectivity index (χ0v) is 12.3. The van der Waals surface area contributed by atoms with E-state index < -0.39 is 17.2 Å². The fraction of sp³-hybridized carbons (Fsp3) is 0.533. The first kappa shape index (κ1) is 14.8. The Morgan fingerprint density at radius 3 is 3.00 bits per heavy atom. The normalized spacial score (nSPS) is 31.2. The average molecular weight is 313 g/mol. The Labute approximate surface area is 126 Å². The van der Waals surface area contributed by atoms with Crippen molar-refractivity contribution >= 4 is 17.7 Å². The molecule has 3 atom stereocenters. The summed E-state index contributed by atoms with van der Waals surface area (Å²) >= 11 is 1.67. The molecular weight excluding hydrogens is 296 g/mol. The van der Waals surface area contributed by atoms with E-state index >= 15 is 0 Å². The Kier molecular flexibility index (Phi) is 3.92. The van der Waals surface area contributed by atoms with Crippen molar-refractivity contribution in [3.63, 3.8) is 0 Å². The number of hydrogen-bond donors (Lipinski definition) is 2. The third kappa shape index (κ3) is 3.21. The molecule has 3 rings (SSSR count). The highest BCUT2D eigenvalue weighted by molar-refractivity contribution is 7.99. The molecule has 1 aliphatic heterocycles. The molecule has 114 valence electrons. The number of hydrogen-bond acceptors (Lipinski definition) is 3.